The molecule has 0 amide bonds. The first-order chi connectivity index (χ1) is 12.7. The highest BCUT2D eigenvalue weighted by Gasteiger charge is 2.13. The summed E-state index contributed by atoms with van der Waals surface area (Å²) in [4.78, 5) is 8.94. The van der Waals surface area contributed by atoms with Crippen molar-refractivity contribution in [3.63, 3.8) is 0 Å². The number of hydrogen-bond acceptors (Lipinski definition) is 6. The predicted octanol–water partition coefficient (Wildman–Crippen LogP) is 4.18. The number of fused-ring (bicyclic) bond motifs is 1. The molecule has 0 aliphatic carbocycles. The molecule has 26 heavy (non-hydrogen) atoms. The van der Waals surface area contributed by atoms with Crippen LogP contribution in [0, 0.1) is 13.8 Å². The van der Waals surface area contributed by atoms with Crippen LogP contribution in [0.4, 0.5) is 17.3 Å². The van der Waals surface area contributed by atoms with E-state index in [1.807, 2.05) is 49.4 Å². The van der Waals surface area contributed by atoms with Crippen molar-refractivity contribution in [2.75, 3.05) is 17.4 Å². The van der Waals surface area contributed by atoms with E-state index in [-0.39, 0.29) is 6.79 Å². The molecule has 6 heteroatoms. The molecule has 0 spiro atoms. The zero-order valence-electron chi connectivity index (χ0n) is 14.7. The van der Waals surface area contributed by atoms with Gasteiger partial charge in [-0.15, -0.1) is 0 Å². The Hall–Kier alpha value is -3.28. The maximum absolute atomic E-state index is 5.42. The van der Waals surface area contributed by atoms with Crippen LogP contribution >= 0.6 is 0 Å². The number of ether oxygens (including phenoxy) is 2. The zero-order valence-corrected chi connectivity index (χ0v) is 14.7. The number of para-hydroxylation sites is 1. The Morgan fingerprint density at radius 3 is 2.62 bits per heavy atom. The highest BCUT2D eigenvalue weighted by atomic mass is 16.7. The smallest absolute Gasteiger partial charge is 0.231 e. The van der Waals surface area contributed by atoms with E-state index in [9.17, 15) is 0 Å². The summed E-state index contributed by atoms with van der Waals surface area (Å²) in [5.74, 6) is 3.81. The number of hydrogen-bond donors (Lipinski definition) is 2. The van der Waals surface area contributed by atoms with Gasteiger partial charge in [-0.25, -0.2) is 9.97 Å². The van der Waals surface area contributed by atoms with E-state index in [1.54, 1.807) is 0 Å². The highest BCUT2D eigenvalue weighted by Crippen LogP contribution is 2.32. The molecule has 1 aromatic heterocycles. The van der Waals surface area contributed by atoms with Crippen molar-refractivity contribution in [2.45, 2.75) is 20.4 Å². The van der Waals surface area contributed by atoms with Crippen LogP contribution in [0.1, 0.15) is 17.0 Å². The second-order valence-corrected chi connectivity index (χ2v) is 6.17. The minimum Gasteiger partial charge on any atom is -0.454 e. The van der Waals surface area contributed by atoms with Crippen LogP contribution in [0.3, 0.4) is 0 Å². The normalized spacial score (nSPS) is 12.1. The summed E-state index contributed by atoms with van der Waals surface area (Å²) in [6.45, 7) is 4.87. The van der Waals surface area contributed by atoms with Crippen molar-refractivity contribution in [3.8, 4) is 11.5 Å². The van der Waals surface area contributed by atoms with Gasteiger partial charge in [0, 0.05) is 18.3 Å². The third kappa shape index (κ3) is 3.54. The molecule has 2 N–H and O–H groups in total. The maximum atomic E-state index is 5.42. The fourth-order valence-corrected chi connectivity index (χ4v) is 2.82. The van der Waals surface area contributed by atoms with Crippen molar-refractivity contribution >= 4 is 17.3 Å². The van der Waals surface area contributed by atoms with Crippen LogP contribution in [0.25, 0.3) is 0 Å². The van der Waals surface area contributed by atoms with Crippen molar-refractivity contribution in [2.24, 2.45) is 0 Å². The molecular weight excluding hydrogens is 328 g/mol. The topological polar surface area (TPSA) is 68.3 Å². The number of rotatable bonds is 5. The number of nitrogens with zero attached hydrogens (tertiary/aromatic N) is 2. The lowest BCUT2D eigenvalue weighted by atomic mass is 10.2. The molecule has 6 nitrogen and oxygen atoms in total. The Labute approximate surface area is 152 Å². The monoisotopic (exact) mass is 348 g/mol. The van der Waals surface area contributed by atoms with E-state index in [0.29, 0.717) is 12.4 Å². The maximum Gasteiger partial charge on any atom is 0.231 e. The van der Waals surface area contributed by atoms with Gasteiger partial charge in [0.05, 0.1) is 0 Å². The van der Waals surface area contributed by atoms with Crippen molar-refractivity contribution in [1.29, 1.82) is 0 Å². The largest absolute Gasteiger partial charge is 0.454 e. The first-order valence-electron chi connectivity index (χ1n) is 8.48. The summed E-state index contributed by atoms with van der Waals surface area (Å²) >= 11 is 0. The van der Waals surface area contributed by atoms with Crippen LogP contribution < -0.4 is 20.1 Å². The Morgan fingerprint density at radius 2 is 1.73 bits per heavy atom. The van der Waals surface area contributed by atoms with Gasteiger partial charge in [-0.1, -0.05) is 24.3 Å². The lowest BCUT2D eigenvalue weighted by Gasteiger charge is -2.12. The summed E-state index contributed by atoms with van der Waals surface area (Å²) in [7, 11) is 0. The van der Waals surface area contributed by atoms with Crippen molar-refractivity contribution < 1.29 is 9.47 Å². The number of anilines is 3. The van der Waals surface area contributed by atoms with Gasteiger partial charge >= 0.3 is 0 Å². The number of aryl methyl sites for hydroxylation is 2. The van der Waals surface area contributed by atoms with Gasteiger partial charge in [0.1, 0.15) is 17.5 Å². The molecule has 0 radical (unpaired) electrons. The molecule has 2 aromatic carbocycles. The molecule has 3 aromatic rings. The Balaban J connectivity index is 1.48. The Morgan fingerprint density at radius 1 is 0.923 bits per heavy atom. The average molecular weight is 348 g/mol. The third-order valence-corrected chi connectivity index (χ3v) is 4.16. The van der Waals surface area contributed by atoms with Gasteiger partial charge in [0.15, 0.2) is 11.5 Å². The molecule has 1 aliphatic rings. The van der Waals surface area contributed by atoms with Gasteiger partial charge in [-0.2, -0.15) is 0 Å². The molecule has 0 saturated heterocycles. The average Bonchev–Trinajstić information content (AvgIpc) is 3.09. The lowest BCUT2D eigenvalue weighted by Crippen LogP contribution is -2.05. The van der Waals surface area contributed by atoms with Crippen LogP contribution in [0.5, 0.6) is 11.5 Å². The molecular formula is C20H20N4O2. The van der Waals surface area contributed by atoms with Gasteiger partial charge in [0.2, 0.25) is 6.79 Å². The van der Waals surface area contributed by atoms with E-state index >= 15 is 0 Å². The number of aromatic nitrogens is 2. The molecule has 0 atom stereocenters. The molecule has 1 aliphatic heterocycles. The quantitative estimate of drug-likeness (QED) is 0.721. The second kappa shape index (κ2) is 6.92. The standard InChI is InChI=1S/C20H20N4O2/c1-13-5-3-4-6-16(13)24-20-10-19(22-14(2)23-20)21-11-15-7-8-17-18(9-15)26-12-25-17/h3-10H,11-12H2,1-2H3,(H2,21,22,23,24). The van der Waals surface area contributed by atoms with E-state index in [1.165, 1.54) is 5.56 Å². The van der Waals surface area contributed by atoms with Crippen molar-refractivity contribution in [3.05, 3.63) is 65.5 Å². The number of nitrogens with one attached hydrogen (secondary N) is 2. The summed E-state index contributed by atoms with van der Waals surface area (Å²) in [6, 6.07) is 16.0. The molecule has 2 heterocycles. The molecule has 0 unspecified atom stereocenters. The van der Waals surface area contributed by atoms with E-state index in [4.69, 9.17) is 9.47 Å². The van der Waals surface area contributed by atoms with Gasteiger partial charge in [-0.3, -0.25) is 0 Å². The highest BCUT2D eigenvalue weighted by molar-refractivity contribution is 5.62. The predicted molar refractivity (Wildman–Crippen MR) is 101 cm³/mol. The Kier molecular flexibility index (Phi) is 4.31. The summed E-state index contributed by atoms with van der Waals surface area (Å²) in [5.41, 5.74) is 3.30. The first-order valence-corrected chi connectivity index (χ1v) is 8.48. The van der Waals surface area contributed by atoms with E-state index in [2.05, 4.69) is 33.6 Å². The molecule has 4 rings (SSSR count). The fourth-order valence-electron chi connectivity index (χ4n) is 2.82. The minimum absolute atomic E-state index is 0.283. The van der Waals surface area contributed by atoms with Crippen LogP contribution in [0.2, 0.25) is 0 Å². The van der Waals surface area contributed by atoms with Gasteiger partial charge < -0.3 is 20.1 Å². The van der Waals surface area contributed by atoms with Crippen LogP contribution in [-0.4, -0.2) is 16.8 Å². The summed E-state index contributed by atoms with van der Waals surface area (Å²) in [6.07, 6.45) is 0. The fraction of sp³-hybridized carbons (Fsp3) is 0.200. The SMILES string of the molecule is Cc1nc(NCc2ccc3c(c2)OCO3)cc(Nc2ccccc2C)n1. The first kappa shape index (κ1) is 16.2. The second-order valence-electron chi connectivity index (χ2n) is 6.17. The molecule has 0 bridgehead atoms. The van der Waals surface area contributed by atoms with Gasteiger partial charge in [0.25, 0.3) is 0 Å². The third-order valence-electron chi connectivity index (χ3n) is 4.16. The van der Waals surface area contributed by atoms with Crippen LogP contribution in [-0.2, 0) is 6.54 Å². The number of benzene rings is 2. The molecule has 0 fully saturated rings. The minimum atomic E-state index is 0.283. The molecule has 0 saturated carbocycles. The summed E-state index contributed by atoms with van der Waals surface area (Å²) in [5, 5.41) is 6.70. The lowest BCUT2D eigenvalue weighted by molar-refractivity contribution is 0.174. The van der Waals surface area contributed by atoms with Crippen molar-refractivity contribution in [1.82, 2.24) is 9.97 Å². The zero-order chi connectivity index (χ0) is 17.9. The van der Waals surface area contributed by atoms with E-state index < -0.39 is 0 Å². The van der Waals surface area contributed by atoms with Crippen LogP contribution in [0.15, 0.2) is 48.5 Å². The van der Waals surface area contributed by atoms with Gasteiger partial charge in [-0.05, 0) is 43.2 Å². The Bertz CT molecular complexity index is 943. The molecule has 132 valence electrons. The van der Waals surface area contributed by atoms with E-state index in [0.717, 1.165) is 34.4 Å². The summed E-state index contributed by atoms with van der Waals surface area (Å²) < 4.78 is 10.8.